The Kier molecular flexibility index (Phi) is 6.11. The maximum absolute atomic E-state index is 14.2. The normalized spacial score (nSPS) is 20.1. The van der Waals surface area contributed by atoms with Crippen LogP contribution in [-0.4, -0.2) is 43.6 Å². The number of hydrogen-bond donors (Lipinski definition) is 0. The number of hydrogen-bond acceptors (Lipinski definition) is 5. The Balaban J connectivity index is 1.73. The fraction of sp³-hybridized carbons (Fsp3) is 0.500. The zero-order valence-electron chi connectivity index (χ0n) is 15.8. The number of amides is 1. The van der Waals surface area contributed by atoms with Crippen LogP contribution in [0.2, 0.25) is 0 Å². The lowest BCUT2D eigenvalue weighted by Crippen LogP contribution is -2.44. The van der Waals surface area contributed by atoms with E-state index in [0.29, 0.717) is 40.6 Å². The molecule has 0 aliphatic carbocycles. The molecule has 0 bridgehead atoms. The van der Waals surface area contributed by atoms with Gasteiger partial charge in [-0.2, -0.15) is 0 Å². The molecule has 1 aromatic heterocycles. The number of rotatable bonds is 5. The molecule has 146 valence electrons. The van der Waals surface area contributed by atoms with Crippen LogP contribution in [0, 0.1) is 17.7 Å². The molecule has 27 heavy (non-hydrogen) atoms. The van der Waals surface area contributed by atoms with Gasteiger partial charge in [-0.1, -0.05) is 19.9 Å². The molecule has 1 saturated heterocycles. The van der Waals surface area contributed by atoms with E-state index in [1.807, 2.05) is 0 Å². The summed E-state index contributed by atoms with van der Waals surface area (Å²) in [6.45, 7) is 5.39. The summed E-state index contributed by atoms with van der Waals surface area (Å²) >= 11 is 1.15. The summed E-state index contributed by atoms with van der Waals surface area (Å²) in [5, 5.41) is 0.376. The van der Waals surface area contributed by atoms with Gasteiger partial charge in [0.15, 0.2) is 6.61 Å². The Morgan fingerprint density at radius 1 is 1.26 bits per heavy atom. The van der Waals surface area contributed by atoms with E-state index in [1.54, 1.807) is 17.0 Å². The number of carbonyl (C=O) groups is 2. The number of likely N-dealkylation sites (tertiary alicyclic amines) is 1. The van der Waals surface area contributed by atoms with Gasteiger partial charge in [-0.3, -0.25) is 4.79 Å². The average molecular weight is 393 g/mol. The minimum atomic E-state index is -0.617. The molecule has 0 N–H and O–H groups in total. The van der Waals surface area contributed by atoms with E-state index in [1.165, 1.54) is 13.2 Å². The summed E-state index contributed by atoms with van der Waals surface area (Å²) in [7, 11) is 1.49. The minimum absolute atomic E-state index is 0.0977. The highest BCUT2D eigenvalue weighted by Crippen LogP contribution is 2.34. The molecule has 1 aromatic carbocycles. The van der Waals surface area contributed by atoms with Crippen molar-refractivity contribution in [1.82, 2.24) is 4.90 Å². The molecule has 5 nitrogen and oxygen atoms in total. The van der Waals surface area contributed by atoms with Crippen molar-refractivity contribution in [3.8, 4) is 0 Å². The van der Waals surface area contributed by atoms with Crippen molar-refractivity contribution in [2.24, 2.45) is 11.8 Å². The standard InChI is InChI=1S/C20H24FNO4S/c1-12-7-13(2)9-22(8-12)17(23)11-26-20(24)19-14(10-25-3)18-15(21)5-4-6-16(18)27-19/h4-6,12-13H,7-11H2,1-3H3/t12-,13-/m0/s1. The van der Waals surface area contributed by atoms with Crippen molar-refractivity contribution in [3.05, 3.63) is 34.5 Å². The molecule has 1 aliphatic rings. The van der Waals surface area contributed by atoms with Gasteiger partial charge in [0.2, 0.25) is 0 Å². The zero-order valence-corrected chi connectivity index (χ0v) is 16.6. The molecule has 1 fully saturated rings. The smallest absolute Gasteiger partial charge is 0.349 e. The van der Waals surface area contributed by atoms with Gasteiger partial charge in [0.05, 0.1) is 6.61 Å². The second kappa shape index (κ2) is 8.35. The predicted octanol–water partition coefficient (Wildman–Crippen LogP) is 3.85. The molecular formula is C20H24FNO4S. The fourth-order valence-electron chi connectivity index (χ4n) is 3.76. The highest BCUT2D eigenvalue weighted by atomic mass is 32.1. The van der Waals surface area contributed by atoms with E-state index in [9.17, 15) is 14.0 Å². The molecule has 0 unspecified atom stereocenters. The van der Waals surface area contributed by atoms with Gasteiger partial charge in [-0.05, 0) is 30.4 Å². The van der Waals surface area contributed by atoms with Crippen LogP contribution >= 0.6 is 11.3 Å². The number of esters is 1. The maximum atomic E-state index is 14.2. The Bertz CT molecular complexity index is 840. The highest BCUT2D eigenvalue weighted by Gasteiger charge is 2.27. The Labute approximate surface area is 162 Å². The quantitative estimate of drug-likeness (QED) is 0.724. The van der Waals surface area contributed by atoms with Gasteiger partial charge < -0.3 is 14.4 Å². The molecule has 1 aliphatic heterocycles. The first-order valence-electron chi connectivity index (χ1n) is 9.04. The van der Waals surface area contributed by atoms with Gasteiger partial charge in [-0.25, -0.2) is 9.18 Å². The molecule has 3 rings (SSSR count). The first kappa shape index (κ1) is 19.8. The molecule has 1 amide bonds. The Morgan fingerprint density at radius 3 is 2.63 bits per heavy atom. The maximum Gasteiger partial charge on any atom is 0.349 e. The Hall–Kier alpha value is -1.99. The van der Waals surface area contributed by atoms with Crippen LogP contribution in [0.5, 0.6) is 0 Å². The molecule has 2 atom stereocenters. The second-order valence-corrected chi connectivity index (χ2v) is 8.33. The SMILES string of the molecule is COCc1c(C(=O)OCC(=O)N2C[C@@H](C)C[C@H](C)C2)sc2cccc(F)c12. The summed E-state index contributed by atoms with van der Waals surface area (Å²) in [5.74, 6) is -0.335. The van der Waals surface area contributed by atoms with E-state index in [4.69, 9.17) is 9.47 Å². The van der Waals surface area contributed by atoms with Crippen molar-refractivity contribution in [1.29, 1.82) is 0 Å². The van der Waals surface area contributed by atoms with E-state index in [-0.39, 0.29) is 24.0 Å². The van der Waals surface area contributed by atoms with Gasteiger partial charge in [0.1, 0.15) is 10.7 Å². The summed E-state index contributed by atoms with van der Waals surface area (Å²) < 4.78 is 25.3. The van der Waals surface area contributed by atoms with Gasteiger partial charge in [0, 0.05) is 35.8 Å². The molecule has 7 heteroatoms. The molecule has 2 heterocycles. The van der Waals surface area contributed by atoms with Crippen LogP contribution < -0.4 is 0 Å². The van der Waals surface area contributed by atoms with Crippen LogP contribution in [0.15, 0.2) is 18.2 Å². The summed E-state index contributed by atoms with van der Waals surface area (Å²) in [4.78, 5) is 27.0. The van der Waals surface area contributed by atoms with Crippen LogP contribution in [0.1, 0.15) is 35.5 Å². The zero-order chi connectivity index (χ0) is 19.6. The molecule has 0 radical (unpaired) electrons. The first-order valence-corrected chi connectivity index (χ1v) is 9.86. The van der Waals surface area contributed by atoms with Crippen molar-refractivity contribution >= 4 is 33.3 Å². The number of benzene rings is 1. The largest absolute Gasteiger partial charge is 0.451 e. The number of methoxy groups -OCH3 is 1. The third kappa shape index (κ3) is 4.30. The molecule has 0 spiro atoms. The van der Waals surface area contributed by atoms with Crippen molar-refractivity contribution in [2.75, 3.05) is 26.8 Å². The summed E-state index contributed by atoms with van der Waals surface area (Å²) in [6, 6.07) is 4.70. The lowest BCUT2D eigenvalue weighted by molar-refractivity contribution is -0.137. The number of carbonyl (C=O) groups excluding carboxylic acids is 2. The third-order valence-electron chi connectivity index (χ3n) is 4.79. The number of halogens is 1. The van der Waals surface area contributed by atoms with Crippen LogP contribution in [-0.2, 0) is 20.9 Å². The molecular weight excluding hydrogens is 369 g/mol. The van der Waals surface area contributed by atoms with Crippen molar-refractivity contribution in [3.63, 3.8) is 0 Å². The second-order valence-electron chi connectivity index (χ2n) is 7.28. The number of fused-ring (bicyclic) bond motifs is 1. The number of piperidine rings is 1. The first-order chi connectivity index (χ1) is 12.9. The van der Waals surface area contributed by atoms with E-state index in [2.05, 4.69) is 13.8 Å². The fourth-order valence-corrected chi connectivity index (χ4v) is 4.88. The average Bonchev–Trinajstić information content (AvgIpc) is 2.99. The van der Waals surface area contributed by atoms with E-state index in [0.717, 1.165) is 17.8 Å². The van der Waals surface area contributed by atoms with Crippen LogP contribution in [0.4, 0.5) is 4.39 Å². The van der Waals surface area contributed by atoms with Crippen molar-refractivity contribution in [2.45, 2.75) is 26.9 Å². The van der Waals surface area contributed by atoms with Crippen LogP contribution in [0.25, 0.3) is 10.1 Å². The van der Waals surface area contributed by atoms with Gasteiger partial charge in [-0.15, -0.1) is 11.3 Å². The van der Waals surface area contributed by atoms with E-state index < -0.39 is 11.8 Å². The predicted molar refractivity (Wildman–Crippen MR) is 102 cm³/mol. The molecule has 2 aromatic rings. The Morgan fingerprint density at radius 2 is 1.96 bits per heavy atom. The monoisotopic (exact) mass is 393 g/mol. The lowest BCUT2D eigenvalue weighted by atomic mass is 9.92. The lowest BCUT2D eigenvalue weighted by Gasteiger charge is -2.34. The highest BCUT2D eigenvalue weighted by molar-refractivity contribution is 7.21. The number of thiophene rings is 1. The number of nitrogens with zero attached hydrogens (tertiary/aromatic N) is 1. The minimum Gasteiger partial charge on any atom is -0.451 e. The van der Waals surface area contributed by atoms with Crippen LogP contribution in [0.3, 0.4) is 0 Å². The summed E-state index contributed by atoms with van der Waals surface area (Å²) in [6.07, 6.45) is 1.09. The third-order valence-corrected chi connectivity index (χ3v) is 5.96. The summed E-state index contributed by atoms with van der Waals surface area (Å²) in [5.41, 5.74) is 0.466. The van der Waals surface area contributed by atoms with E-state index >= 15 is 0 Å². The molecule has 0 saturated carbocycles. The van der Waals surface area contributed by atoms with Gasteiger partial charge in [0.25, 0.3) is 5.91 Å². The van der Waals surface area contributed by atoms with Crippen molar-refractivity contribution < 1.29 is 23.5 Å². The van der Waals surface area contributed by atoms with Gasteiger partial charge >= 0.3 is 5.97 Å². The number of ether oxygens (including phenoxy) is 2. The topological polar surface area (TPSA) is 55.8 Å².